The molecule has 3 rings (SSSR count). The van der Waals surface area contributed by atoms with Gasteiger partial charge in [0.1, 0.15) is 5.75 Å². The number of carbonyl (C=O) groups excluding carboxylic acids is 1. The van der Waals surface area contributed by atoms with Crippen molar-refractivity contribution < 1.29 is 9.53 Å². The molecule has 1 heterocycles. The van der Waals surface area contributed by atoms with Crippen molar-refractivity contribution in [2.24, 2.45) is 11.7 Å². The summed E-state index contributed by atoms with van der Waals surface area (Å²) in [6, 6.07) is 12.2. The van der Waals surface area contributed by atoms with Crippen LogP contribution in [0.1, 0.15) is 29.7 Å². The molecule has 0 radical (unpaired) electrons. The number of nitrogens with two attached hydrogens (primary N) is 1. The summed E-state index contributed by atoms with van der Waals surface area (Å²) in [5, 5.41) is 2.05. The molecule has 1 aromatic carbocycles. The van der Waals surface area contributed by atoms with Crippen LogP contribution in [0.4, 0.5) is 0 Å². The number of hydrogen-bond acceptors (Lipinski definition) is 4. The van der Waals surface area contributed by atoms with Gasteiger partial charge in [-0.15, -0.1) is 11.3 Å². The summed E-state index contributed by atoms with van der Waals surface area (Å²) in [6.07, 6.45) is 2.64. The number of methoxy groups -OCH3 is 1. The molecule has 1 fully saturated rings. The minimum Gasteiger partial charge on any atom is -0.496 e. The molecule has 128 valence electrons. The maximum absolute atomic E-state index is 13.1. The molecule has 0 saturated heterocycles. The van der Waals surface area contributed by atoms with Crippen LogP contribution in [-0.2, 0) is 17.9 Å². The molecular formula is C19H24N2O2S. The fraction of sp³-hybridized carbons (Fsp3) is 0.421. The zero-order chi connectivity index (χ0) is 16.9. The van der Waals surface area contributed by atoms with E-state index in [1.54, 1.807) is 18.4 Å². The number of ether oxygens (including phenoxy) is 1. The zero-order valence-corrected chi connectivity index (χ0v) is 14.8. The van der Waals surface area contributed by atoms with E-state index in [4.69, 9.17) is 10.5 Å². The minimum atomic E-state index is 0.0506. The molecule has 1 amide bonds. The molecule has 0 unspecified atom stereocenters. The molecule has 4 nitrogen and oxygen atoms in total. The van der Waals surface area contributed by atoms with Crippen LogP contribution in [0.15, 0.2) is 41.8 Å². The summed E-state index contributed by atoms with van der Waals surface area (Å²) in [7, 11) is 1.67. The van der Waals surface area contributed by atoms with Gasteiger partial charge < -0.3 is 15.4 Å². The number of rotatable bonds is 6. The fourth-order valence-corrected chi connectivity index (χ4v) is 4.06. The third-order valence-corrected chi connectivity index (χ3v) is 5.48. The molecule has 2 N–H and O–H groups in total. The smallest absolute Gasteiger partial charge is 0.226 e. The minimum absolute atomic E-state index is 0.0506. The van der Waals surface area contributed by atoms with E-state index in [0.29, 0.717) is 13.1 Å². The van der Waals surface area contributed by atoms with Crippen molar-refractivity contribution in [1.29, 1.82) is 0 Å². The molecule has 1 aliphatic rings. The number of nitrogens with zero attached hydrogens (tertiary/aromatic N) is 1. The third kappa shape index (κ3) is 3.97. The second-order valence-corrected chi connectivity index (χ2v) is 7.39. The molecule has 1 aromatic heterocycles. The van der Waals surface area contributed by atoms with E-state index in [2.05, 4.69) is 6.07 Å². The Morgan fingerprint density at radius 1 is 1.25 bits per heavy atom. The van der Waals surface area contributed by atoms with Crippen molar-refractivity contribution in [3.63, 3.8) is 0 Å². The van der Waals surface area contributed by atoms with Gasteiger partial charge in [0.25, 0.3) is 0 Å². The highest BCUT2D eigenvalue weighted by Gasteiger charge is 2.31. The lowest BCUT2D eigenvalue weighted by atomic mass is 10.1. The maximum Gasteiger partial charge on any atom is 0.226 e. The first-order chi connectivity index (χ1) is 11.7. The van der Waals surface area contributed by atoms with Crippen molar-refractivity contribution in [2.75, 3.05) is 7.11 Å². The van der Waals surface area contributed by atoms with E-state index < -0.39 is 0 Å². The number of carbonyl (C=O) groups is 1. The highest BCUT2D eigenvalue weighted by molar-refractivity contribution is 7.09. The van der Waals surface area contributed by atoms with Gasteiger partial charge in [-0.1, -0.05) is 24.3 Å². The first-order valence-corrected chi connectivity index (χ1v) is 9.24. The van der Waals surface area contributed by atoms with Gasteiger partial charge in [0.2, 0.25) is 5.91 Å². The average Bonchev–Trinajstić information content (AvgIpc) is 3.25. The topological polar surface area (TPSA) is 55.6 Å². The Bertz CT molecular complexity index is 672. The first kappa shape index (κ1) is 17.0. The predicted molar refractivity (Wildman–Crippen MR) is 96.9 cm³/mol. The van der Waals surface area contributed by atoms with Crippen molar-refractivity contribution >= 4 is 17.2 Å². The van der Waals surface area contributed by atoms with Gasteiger partial charge in [-0.05, 0) is 36.8 Å². The lowest BCUT2D eigenvalue weighted by Crippen LogP contribution is -2.35. The largest absolute Gasteiger partial charge is 0.496 e. The number of para-hydroxylation sites is 1. The van der Waals surface area contributed by atoms with E-state index in [-0.39, 0.29) is 17.9 Å². The monoisotopic (exact) mass is 344 g/mol. The van der Waals surface area contributed by atoms with E-state index in [0.717, 1.165) is 30.6 Å². The molecular weight excluding hydrogens is 320 g/mol. The van der Waals surface area contributed by atoms with Crippen molar-refractivity contribution in [1.82, 2.24) is 4.90 Å². The maximum atomic E-state index is 13.1. The van der Waals surface area contributed by atoms with Gasteiger partial charge >= 0.3 is 0 Å². The van der Waals surface area contributed by atoms with Crippen LogP contribution in [0.5, 0.6) is 5.75 Å². The highest BCUT2D eigenvalue weighted by Crippen LogP contribution is 2.29. The fourth-order valence-electron chi connectivity index (χ4n) is 3.34. The van der Waals surface area contributed by atoms with Crippen LogP contribution in [-0.4, -0.2) is 24.0 Å². The molecule has 5 heteroatoms. The van der Waals surface area contributed by atoms with Crippen molar-refractivity contribution in [3.8, 4) is 5.75 Å². The Morgan fingerprint density at radius 3 is 2.75 bits per heavy atom. The summed E-state index contributed by atoms with van der Waals surface area (Å²) in [4.78, 5) is 16.2. The average molecular weight is 344 g/mol. The lowest BCUT2D eigenvalue weighted by Gasteiger charge is -2.26. The number of benzene rings is 1. The summed E-state index contributed by atoms with van der Waals surface area (Å²) in [6.45, 7) is 1.20. The number of amides is 1. The third-order valence-electron chi connectivity index (χ3n) is 4.61. The van der Waals surface area contributed by atoms with E-state index in [1.165, 1.54) is 4.88 Å². The number of hydrogen-bond donors (Lipinski definition) is 1. The molecule has 0 bridgehead atoms. The highest BCUT2D eigenvalue weighted by atomic mass is 32.1. The summed E-state index contributed by atoms with van der Waals surface area (Å²) in [5.74, 6) is 1.08. The van der Waals surface area contributed by atoms with Crippen LogP contribution in [0.25, 0.3) is 0 Å². The standard InChI is InChI=1S/C19H24N2O2S/c1-23-18-7-3-2-5-15(18)12-21(13-17-6-4-10-24-17)19(22)14-8-9-16(20)11-14/h2-7,10,14,16H,8-9,11-13,20H2,1H3/t14-,16+/m0/s1. The second-order valence-electron chi connectivity index (χ2n) is 6.36. The van der Waals surface area contributed by atoms with Gasteiger partial charge in [0.15, 0.2) is 0 Å². The van der Waals surface area contributed by atoms with Gasteiger partial charge in [0.05, 0.1) is 13.7 Å². The Morgan fingerprint density at radius 2 is 2.08 bits per heavy atom. The molecule has 1 aliphatic carbocycles. The molecule has 0 spiro atoms. The van der Waals surface area contributed by atoms with Crippen molar-refractivity contribution in [3.05, 3.63) is 52.2 Å². The lowest BCUT2D eigenvalue weighted by molar-refractivity contribution is -0.136. The van der Waals surface area contributed by atoms with Crippen LogP contribution < -0.4 is 10.5 Å². The van der Waals surface area contributed by atoms with E-state index >= 15 is 0 Å². The van der Waals surface area contributed by atoms with Crippen LogP contribution in [0.3, 0.4) is 0 Å². The van der Waals surface area contributed by atoms with E-state index in [1.807, 2.05) is 40.6 Å². The van der Waals surface area contributed by atoms with Gasteiger partial charge in [-0.3, -0.25) is 4.79 Å². The Kier molecular flexibility index (Phi) is 5.53. The summed E-state index contributed by atoms with van der Waals surface area (Å²) < 4.78 is 5.45. The van der Waals surface area contributed by atoms with Gasteiger partial charge in [-0.25, -0.2) is 0 Å². The Hall–Kier alpha value is -1.85. The number of thiophene rings is 1. The van der Waals surface area contributed by atoms with Gasteiger partial charge in [-0.2, -0.15) is 0 Å². The SMILES string of the molecule is COc1ccccc1CN(Cc1cccs1)C(=O)[C@H]1CC[C@@H](N)C1. The zero-order valence-electron chi connectivity index (χ0n) is 14.0. The van der Waals surface area contributed by atoms with Crippen molar-refractivity contribution in [2.45, 2.75) is 38.4 Å². The van der Waals surface area contributed by atoms with Crippen LogP contribution >= 0.6 is 11.3 Å². The molecule has 1 saturated carbocycles. The second kappa shape index (κ2) is 7.81. The van der Waals surface area contributed by atoms with E-state index in [9.17, 15) is 4.79 Å². The van der Waals surface area contributed by atoms with Crippen LogP contribution in [0, 0.1) is 5.92 Å². The summed E-state index contributed by atoms with van der Waals surface area (Å²) >= 11 is 1.68. The molecule has 2 aromatic rings. The predicted octanol–water partition coefficient (Wildman–Crippen LogP) is 3.41. The Balaban J connectivity index is 1.80. The normalized spacial score (nSPS) is 20.1. The quantitative estimate of drug-likeness (QED) is 0.874. The Labute approximate surface area is 147 Å². The molecule has 24 heavy (non-hydrogen) atoms. The first-order valence-electron chi connectivity index (χ1n) is 8.36. The van der Waals surface area contributed by atoms with Gasteiger partial charge in [0, 0.05) is 28.9 Å². The molecule has 2 atom stereocenters. The van der Waals surface area contributed by atoms with Crippen LogP contribution in [0.2, 0.25) is 0 Å². The molecule has 0 aliphatic heterocycles. The summed E-state index contributed by atoms with van der Waals surface area (Å²) in [5.41, 5.74) is 7.04.